The normalized spacial score (nSPS) is 19.4. The smallest absolute Gasteiger partial charge is 0.181 e. The fourth-order valence-corrected chi connectivity index (χ4v) is 4.19. The highest BCUT2D eigenvalue weighted by Gasteiger charge is 2.31. The van der Waals surface area contributed by atoms with Crippen LogP contribution in [0.15, 0.2) is 54.7 Å². The highest BCUT2D eigenvalue weighted by atomic mass is 16.1. The van der Waals surface area contributed by atoms with Gasteiger partial charge < -0.3 is 9.88 Å². The Bertz CT molecular complexity index is 961. The van der Waals surface area contributed by atoms with Crippen LogP contribution in [0, 0.1) is 6.92 Å². The number of Topliss-reactive ketones (excluding diaryl/α,β-unsaturated/α-hetero) is 1. The standard InChI is InChI=1S/C23H27N3O/c1-16-7-6-8-19(13-16)26-12-11-25(15-17(26)2)18(3)23(27)21-14-24-22-10-5-4-9-20(21)22/h4-10,13-14,17-18,24H,11-12,15H2,1-3H3/t17-,18+/m0/s1. The predicted molar refractivity (Wildman–Crippen MR) is 112 cm³/mol. The Morgan fingerprint density at radius 2 is 1.96 bits per heavy atom. The summed E-state index contributed by atoms with van der Waals surface area (Å²) in [7, 11) is 0. The fourth-order valence-electron chi connectivity index (χ4n) is 4.19. The van der Waals surface area contributed by atoms with Gasteiger partial charge in [0.15, 0.2) is 5.78 Å². The molecule has 2 heterocycles. The first kappa shape index (κ1) is 17.8. The van der Waals surface area contributed by atoms with Gasteiger partial charge in [-0.1, -0.05) is 30.3 Å². The van der Waals surface area contributed by atoms with Crippen LogP contribution in [0.2, 0.25) is 0 Å². The van der Waals surface area contributed by atoms with Crippen molar-refractivity contribution in [1.82, 2.24) is 9.88 Å². The van der Waals surface area contributed by atoms with Crippen LogP contribution in [-0.4, -0.2) is 47.4 Å². The lowest BCUT2D eigenvalue weighted by Crippen LogP contribution is -2.56. The van der Waals surface area contributed by atoms with Gasteiger partial charge in [0.05, 0.1) is 6.04 Å². The van der Waals surface area contributed by atoms with Gasteiger partial charge in [0.2, 0.25) is 0 Å². The number of ketones is 1. The molecule has 27 heavy (non-hydrogen) atoms. The molecule has 4 heteroatoms. The lowest BCUT2D eigenvalue weighted by Gasteiger charge is -2.43. The molecule has 2 aromatic carbocycles. The molecule has 140 valence electrons. The molecule has 3 aromatic rings. The SMILES string of the molecule is Cc1cccc(N2CCN([C@H](C)C(=O)c3c[nH]c4ccccc34)C[C@@H]2C)c1. The van der Waals surface area contributed by atoms with Crippen LogP contribution in [0.3, 0.4) is 0 Å². The maximum Gasteiger partial charge on any atom is 0.181 e. The minimum Gasteiger partial charge on any atom is -0.366 e. The van der Waals surface area contributed by atoms with Crippen LogP contribution >= 0.6 is 0 Å². The Morgan fingerprint density at radius 1 is 1.15 bits per heavy atom. The monoisotopic (exact) mass is 361 g/mol. The number of aromatic amines is 1. The molecule has 0 aliphatic carbocycles. The molecule has 1 N–H and O–H groups in total. The predicted octanol–water partition coefficient (Wildman–Crippen LogP) is 4.26. The third-order valence-electron chi connectivity index (χ3n) is 5.77. The number of fused-ring (bicyclic) bond motifs is 1. The third kappa shape index (κ3) is 3.37. The van der Waals surface area contributed by atoms with Gasteiger partial charge in [-0.3, -0.25) is 9.69 Å². The molecule has 0 radical (unpaired) electrons. The summed E-state index contributed by atoms with van der Waals surface area (Å²) in [5, 5.41) is 1.01. The lowest BCUT2D eigenvalue weighted by atomic mass is 10.0. The van der Waals surface area contributed by atoms with E-state index in [-0.39, 0.29) is 11.8 Å². The van der Waals surface area contributed by atoms with E-state index in [1.54, 1.807) is 0 Å². The van der Waals surface area contributed by atoms with Crippen molar-refractivity contribution in [2.75, 3.05) is 24.5 Å². The van der Waals surface area contributed by atoms with Gasteiger partial charge in [-0.05, 0) is 44.5 Å². The molecule has 1 saturated heterocycles. The van der Waals surface area contributed by atoms with Crippen molar-refractivity contribution < 1.29 is 4.79 Å². The molecule has 1 aromatic heterocycles. The van der Waals surface area contributed by atoms with Crippen LogP contribution in [0.1, 0.15) is 29.8 Å². The number of benzene rings is 2. The number of carbonyl (C=O) groups excluding carboxylic acids is 1. The van der Waals surface area contributed by atoms with Gasteiger partial charge in [0.25, 0.3) is 0 Å². The summed E-state index contributed by atoms with van der Waals surface area (Å²) in [4.78, 5) is 21.1. The molecular weight excluding hydrogens is 334 g/mol. The van der Waals surface area contributed by atoms with Crippen molar-refractivity contribution in [2.45, 2.75) is 32.9 Å². The van der Waals surface area contributed by atoms with E-state index in [1.807, 2.05) is 37.4 Å². The first-order chi connectivity index (χ1) is 13.0. The van der Waals surface area contributed by atoms with Crippen molar-refractivity contribution in [2.24, 2.45) is 0 Å². The molecule has 0 saturated carbocycles. The number of aromatic nitrogens is 1. The first-order valence-electron chi connectivity index (χ1n) is 9.72. The Morgan fingerprint density at radius 3 is 2.74 bits per heavy atom. The zero-order chi connectivity index (χ0) is 19.0. The number of nitrogens with one attached hydrogen (secondary N) is 1. The van der Waals surface area contributed by atoms with E-state index in [0.29, 0.717) is 6.04 Å². The highest BCUT2D eigenvalue weighted by Crippen LogP contribution is 2.25. The van der Waals surface area contributed by atoms with Crippen LogP contribution in [-0.2, 0) is 0 Å². The average molecular weight is 361 g/mol. The molecule has 0 bridgehead atoms. The zero-order valence-corrected chi connectivity index (χ0v) is 16.3. The van der Waals surface area contributed by atoms with Crippen LogP contribution < -0.4 is 4.90 Å². The number of hydrogen-bond donors (Lipinski definition) is 1. The second kappa shape index (κ2) is 7.20. The molecule has 4 nitrogen and oxygen atoms in total. The minimum absolute atomic E-state index is 0.119. The van der Waals surface area contributed by atoms with Crippen LogP contribution in [0.25, 0.3) is 10.9 Å². The number of aryl methyl sites for hydroxylation is 1. The molecule has 1 aliphatic heterocycles. The van der Waals surface area contributed by atoms with E-state index in [9.17, 15) is 4.79 Å². The first-order valence-corrected chi connectivity index (χ1v) is 9.72. The van der Waals surface area contributed by atoms with E-state index in [0.717, 1.165) is 36.1 Å². The number of rotatable bonds is 4. The molecule has 4 rings (SSSR count). The summed E-state index contributed by atoms with van der Waals surface area (Å²) in [6.45, 7) is 9.15. The molecular formula is C23H27N3O. The summed E-state index contributed by atoms with van der Waals surface area (Å²) in [6.07, 6.45) is 1.86. The maximum absolute atomic E-state index is 13.1. The Kier molecular flexibility index (Phi) is 4.75. The van der Waals surface area contributed by atoms with Crippen LogP contribution in [0.5, 0.6) is 0 Å². The number of piperazine rings is 1. The second-order valence-electron chi connectivity index (χ2n) is 7.66. The highest BCUT2D eigenvalue weighted by molar-refractivity contribution is 6.10. The summed E-state index contributed by atoms with van der Waals surface area (Å²) in [5.74, 6) is 0.198. The number of nitrogens with zero attached hydrogens (tertiary/aromatic N) is 2. The van der Waals surface area contributed by atoms with E-state index in [2.05, 4.69) is 52.9 Å². The molecule has 0 amide bonds. The second-order valence-corrected chi connectivity index (χ2v) is 7.66. The van der Waals surface area contributed by atoms with Crippen LogP contribution in [0.4, 0.5) is 5.69 Å². The van der Waals surface area contributed by atoms with E-state index < -0.39 is 0 Å². The van der Waals surface area contributed by atoms with Gasteiger partial charge in [0, 0.05) is 54.0 Å². The van der Waals surface area contributed by atoms with Crippen molar-refractivity contribution in [3.63, 3.8) is 0 Å². The Balaban J connectivity index is 1.49. The Hall–Kier alpha value is -2.59. The van der Waals surface area contributed by atoms with Gasteiger partial charge in [-0.2, -0.15) is 0 Å². The number of anilines is 1. The number of hydrogen-bond acceptors (Lipinski definition) is 3. The fraction of sp³-hybridized carbons (Fsp3) is 0.348. The summed E-state index contributed by atoms with van der Waals surface area (Å²) >= 11 is 0. The molecule has 1 fully saturated rings. The summed E-state index contributed by atoms with van der Waals surface area (Å²) in [5.41, 5.74) is 4.38. The third-order valence-corrected chi connectivity index (χ3v) is 5.77. The summed E-state index contributed by atoms with van der Waals surface area (Å²) < 4.78 is 0. The van der Waals surface area contributed by atoms with Gasteiger partial charge in [-0.15, -0.1) is 0 Å². The van der Waals surface area contributed by atoms with Gasteiger partial charge >= 0.3 is 0 Å². The van der Waals surface area contributed by atoms with Crippen molar-refractivity contribution in [3.8, 4) is 0 Å². The molecule has 0 unspecified atom stereocenters. The van der Waals surface area contributed by atoms with E-state index >= 15 is 0 Å². The number of para-hydroxylation sites is 1. The minimum atomic E-state index is -0.119. The van der Waals surface area contributed by atoms with Crippen molar-refractivity contribution >= 4 is 22.4 Å². The van der Waals surface area contributed by atoms with Gasteiger partial charge in [0.1, 0.15) is 0 Å². The molecule has 0 spiro atoms. The average Bonchev–Trinajstić information content (AvgIpc) is 3.11. The topological polar surface area (TPSA) is 39.3 Å². The number of H-pyrrole nitrogens is 1. The quantitative estimate of drug-likeness (QED) is 0.706. The summed E-state index contributed by atoms with van der Waals surface area (Å²) in [6, 6.07) is 16.9. The zero-order valence-electron chi connectivity index (χ0n) is 16.3. The Labute approximate surface area is 160 Å². The van der Waals surface area contributed by atoms with E-state index in [4.69, 9.17) is 0 Å². The van der Waals surface area contributed by atoms with Gasteiger partial charge in [-0.25, -0.2) is 0 Å². The largest absolute Gasteiger partial charge is 0.366 e. The van der Waals surface area contributed by atoms with Crippen molar-refractivity contribution in [3.05, 3.63) is 65.9 Å². The van der Waals surface area contributed by atoms with E-state index in [1.165, 1.54) is 11.3 Å². The molecule has 2 atom stereocenters. The molecule has 1 aliphatic rings. The lowest BCUT2D eigenvalue weighted by molar-refractivity contribution is 0.0813. The number of carbonyl (C=O) groups is 1. The van der Waals surface area contributed by atoms with Crippen molar-refractivity contribution in [1.29, 1.82) is 0 Å². The maximum atomic E-state index is 13.1.